The molecule has 0 amide bonds. The van der Waals surface area contributed by atoms with Gasteiger partial charge in [0.25, 0.3) is 0 Å². The molecule has 2 heterocycles. The van der Waals surface area contributed by atoms with Crippen molar-refractivity contribution in [3.63, 3.8) is 0 Å². The highest BCUT2D eigenvalue weighted by molar-refractivity contribution is 5.57. The molecule has 1 N–H and O–H groups in total. The average molecular weight is 338 g/mol. The van der Waals surface area contributed by atoms with E-state index in [9.17, 15) is 5.11 Å². The predicted octanol–water partition coefficient (Wildman–Crippen LogP) is 4.83. The van der Waals surface area contributed by atoms with Crippen molar-refractivity contribution in [2.75, 3.05) is 6.61 Å². The third-order valence-corrected chi connectivity index (χ3v) is 5.54. The molecule has 0 aliphatic carbocycles. The fourth-order valence-corrected chi connectivity index (χ4v) is 4.06. The molecule has 0 saturated carbocycles. The van der Waals surface area contributed by atoms with E-state index in [1.54, 1.807) is 0 Å². The molecular weight excluding hydrogens is 312 g/mol. The summed E-state index contributed by atoms with van der Waals surface area (Å²) in [5.41, 5.74) is 5.63. The molecule has 0 spiro atoms. The minimum absolute atomic E-state index is 0.113. The van der Waals surface area contributed by atoms with Crippen molar-refractivity contribution in [2.24, 2.45) is 0 Å². The van der Waals surface area contributed by atoms with Gasteiger partial charge < -0.3 is 14.6 Å². The molecule has 4 rings (SSSR count). The Hall–Kier alpha value is -2.16. The lowest BCUT2D eigenvalue weighted by Gasteiger charge is -2.36. The third kappa shape index (κ3) is 2.86. The third-order valence-electron chi connectivity index (χ3n) is 5.54. The van der Waals surface area contributed by atoms with Crippen molar-refractivity contribution in [3.8, 4) is 17.2 Å². The normalized spacial score (nSPS) is 20.9. The first kappa shape index (κ1) is 16.3. The highest BCUT2D eigenvalue weighted by Crippen LogP contribution is 2.46. The summed E-state index contributed by atoms with van der Waals surface area (Å²) in [6.45, 7) is 9.01. The van der Waals surface area contributed by atoms with Crippen LogP contribution in [0.25, 0.3) is 0 Å². The predicted molar refractivity (Wildman–Crippen MR) is 99.0 cm³/mol. The number of rotatable bonds is 1. The van der Waals surface area contributed by atoms with Crippen LogP contribution in [0, 0.1) is 13.8 Å². The maximum atomic E-state index is 10.3. The lowest BCUT2D eigenvalue weighted by molar-refractivity contribution is 0.0825. The number of phenolic OH excluding ortho intramolecular Hbond substituents is 1. The maximum Gasteiger partial charge on any atom is 0.129 e. The van der Waals surface area contributed by atoms with E-state index in [4.69, 9.17) is 9.47 Å². The van der Waals surface area contributed by atoms with Crippen LogP contribution >= 0.6 is 0 Å². The Morgan fingerprint density at radius 1 is 1.12 bits per heavy atom. The van der Waals surface area contributed by atoms with Gasteiger partial charge in [-0.25, -0.2) is 0 Å². The van der Waals surface area contributed by atoms with Crippen LogP contribution in [-0.2, 0) is 12.8 Å². The van der Waals surface area contributed by atoms with E-state index in [1.807, 2.05) is 19.1 Å². The summed E-state index contributed by atoms with van der Waals surface area (Å²) in [4.78, 5) is 0. The second kappa shape index (κ2) is 5.69. The molecule has 0 fully saturated rings. The summed E-state index contributed by atoms with van der Waals surface area (Å²) in [7, 11) is 0. The minimum Gasteiger partial charge on any atom is -0.508 e. The molecular formula is C22H26O3. The average Bonchev–Trinajstić information content (AvgIpc) is 2.54. The molecule has 0 saturated heterocycles. The van der Waals surface area contributed by atoms with E-state index in [0.717, 1.165) is 41.9 Å². The number of aromatic hydroxyl groups is 1. The van der Waals surface area contributed by atoms with Crippen LogP contribution in [0.2, 0.25) is 0 Å². The second-order valence-corrected chi connectivity index (χ2v) is 8.11. The van der Waals surface area contributed by atoms with E-state index in [-0.39, 0.29) is 11.5 Å². The summed E-state index contributed by atoms with van der Waals surface area (Å²) >= 11 is 0. The molecule has 3 heteroatoms. The molecule has 3 nitrogen and oxygen atoms in total. The van der Waals surface area contributed by atoms with Gasteiger partial charge in [0.1, 0.15) is 22.8 Å². The zero-order valence-corrected chi connectivity index (χ0v) is 15.5. The van der Waals surface area contributed by atoms with Gasteiger partial charge in [-0.15, -0.1) is 0 Å². The van der Waals surface area contributed by atoms with Gasteiger partial charge in [0.2, 0.25) is 0 Å². The smallest absolute Gasteiger partial charge is 0.129 e. The summed E-state index contributed by atoms with van der Waals surface area (Å²) in [5.74, 6) is 2.56. The molecule has 132 valence electrons. The SMILES string of the molecule is Cc1ccc([C@H]2COc3c(c(C)cc4c3CCC(C)(C)O4)C2)c(O)c1. The standard InChI is InChI=1S/C22H26O3/c1-13-5-6-16(19(23)9-13)15-11-18-14(2)10-20-17(21(18)24-12-15)7-8-22(3,4)25-20/h5-6,9-10,15,23H,7-8,11-12H2,1-4H3/t15-/m1/s1. The van der Waals surface area contributed by atoms with Crippen LogP contribution in [0.3, 0.4) is 0 Å². The molecule has 1 atom stereocenters. The Morgan fingerprint density at radius 2 is 1.92 bits per heavy atom. The Balaban J connectivity index is 1.70. The lowest BCUT2D eigenvalue weighted by atomic mass is 9.84. The second-order valence-electron chi connectivity index (χ2n) is 8.11. The van der Waals surface area contributed by atoms with Crippen LogP contribution in [-0.4, -0.2) is 17.3 Å². The van der Waals surface area contributed by atoms with Gasteiger partial charge in [-0.2, -0.15) is 0 Å². The van der Waals surface area contributed by atoms with E-state index in [0.29, 0.717) is 12.4 Å². The van der Waals surface area contributed by atoms with Gasteiger partial charge in [0.15, 0.2) is 0 Å². The molecule has 0 aromatic heterocycles. The van der Waals surface area contributed by atoms with Gasteiger partial charge in [-0.1, -0.05) is 12.1 Å². The van der Waals surface area contributed by atoms with E-state index < -0.39 is 0 Å². The first-order valence-electron chi connectivity index (χ1n) is 9.11. The van der Waals surface area contributed by atoms with Crippen molar-refractivity contribution in [1.29, 1.82) is 0 Å². The van der Waals surface area contributed by atoms with Crippen LogP contribution in [0.15, 0.2) is 24.3 Å². The largest absolute Gasteiger partial charge is 0.508 e. The summed E-state index contributed by atoms with van der Waals surface area (Å²) < 4.78 is 12.4. The first-order valence-corrected chi connectivity index (χ1v) is 9.11. The van der Waals surface area contributed by atoms with Gasteiger partial charge >= 0.3 is 0 Å². The monoisotopic (exact) mass is 338 g/mol. The molecule has 2 aromatic carbocycles. The van der Waals surface area contributed by atoms with Crippen molar-refractivity contribution in [3.05, 3.63) is 52.1 Å². The Morgan fingerprint density at radius 3 is 2.68 bits per heavy atom. The molecule has 2 aliphatic heterocycles. The van der Waals surface area contributed by atoms with Crippen molar-refractivity contribution < 1.29 is 14.6 Å². The number of ether oxygens (including phenoxy) is 2. The van der Waals surface area contributed by atoms with E-state index in [2.05, 4.69) is 32.9 Å². The number of hydrogen-bond donors (Lipinski definition) is 1. The number of fused-ring (bicyclic) bond motifs is 3. The maximum absolute atomic E-state index is 10.3. The fraction of sp³-hybridized carbons (Fsp3) is 0.455. The van der Waals surface area contributed by atoms with Gasteiger partial charge in [0, 0.05) is 17.0 Å². The Bertz CT molecular complexity index is 836. The molecule has 0 bridgehead atoms. The molecule has 2 aliphatic rings. The topological polar surface area (TPSA) is 38.7 Å². The first-order chi connectivity index (χ1) is 11.8. The summed E-state index contributed by atoms with van der Waals surface area (Å²) in [6.07, 6.45) is 2.89. The van der Waals surface area contributed by atoms with Gasteiger partial charge in [-0.05, 0) is 75.8 Å². The molecule has 25 heavy (non-hydrogen) atoms. The van der Waals surface area contributed by atoms with Gasteiger partial charge in [0.05, 0.1) is 6.61 Å². The highest BCUT2D eigenvalue weighted by atomic mass is 16.5. The van der Waals surface area contributed by atoms with Crippen LogP contribution < -0.4 is 9.47 Å². The Labute approximate surface area is 149 Å². The van der Waals surface area contributed by atoms with Crippen molar-refractivity contribution in [1.82, 2.24) is 0 Å². The lowest BCUT2D eigenvalue weighted by Crippen LogP contribution is -2.33. The van der Waals surface area contributed by atoms with Crippen molar-refractivity contribution >= 4 is 0 Å². The quantitative estimate of drug-likeness (QED) is 0.809. The molecule has 0 radical (unpaired) electrons. The van der Waals surface area contributed by atoms with Crippen molar-refractivity contribution in [2.45, 2.75) is 58.5 Å². The highest BCUT2D eigenvalue weighted by Gasteiger charge is 2.33. The van der Waals surface area contributed by atoms with Crippen LogP contribution in [0.4, 0.5) is 0 Å². The number of aryl methyl sites for hydroxylation is 2. The zero-order chi connectivity index (χ0) is 17.8. The van der Waals surface area contributed by atoms with E-state index >= 15 is 0 Å². The number of benzene rings is 2. The summed E-state index contributed by atoms with van der Waals surface area (Å²) in [5, 5.41) is 10.3. The number of hydrogen-bond acceptors (Lipinski definition) is 3. The fourth-order valence-electron chi connectivity index (χ4n) is 4.06. The minimum atomic E-state index is -0.113. The van der Waals surface area contributed by atoms with E-state index in [1.165, 1.54) is 16.7 Å². The van der Waals surface area contributed by atoms with Crippen LogP contribution in [0.1, 0.15) is 54.0 Å². The zero-order valence-electron chi connectivity index (χ0n) is 15.5. The molecule has 2 aromatic rings. The number of phenols is 1. The van der Waals surface area contributed by atoms with Crippen LogP contribution in [0.5, 0.6) is 17.2 Å². The summed E-state index contributed by atoms with van der Waals surface area (Å²) in [6, 6.07) is 8.08. The van der Waals surface area contributed by atoms with Gasteiger partial charge in [-0.3, -0.25) is 0 Å². The molecule has 0 unspecified atom stereocenters. The Kier molecular flexibility index (Phi) is 3.71.